The first-order valence-corrected chi connectivity index (χ1v) is 6.89. The van der Waals surface area contributed by atoms with Crippen LogP contribution in [0.3, 0.4) is 0 Å². The van der Waals surface area contributed by atoms with Crippen molar-refractivity contribution in [1.29, 1.82) is 0 Å². The molecule has 104 valence electrons. The van der Waals surface area contributed by atoms with Gasteiger partial charge in [-0.25, -0.2) is 4.98 Å². The number of pyridine rings is 1. The molecule has 20 heavy (non-hydrogen) atoms. The van der Waals surface area contributed by atoms with E-state index in [1.165, 1.54) is 12.3 Å². The minimum Gasteiger partial charge on any atom is -0.363 e. The average molecular weight is 336 g/mol. The molecule has 5 nitrogen and oxygen atoms in total. The Hall–Kier alpha value is -1.95. The number of nitro groups is 1. The fraction of sp³-hybridized carbons (Fsp3) is 0.214. The van der Waals surface area contributed by atoms with E-state index < -0.39 is 4.92 Å². The molecule has 0 bridgehead atoms. The van der Waals surface area contributed by atoms with Gasteiger partial charge in [0.1, 0.15) is 5.82 Å². The fourth-order valence-electron chi connectivity index (χ4n) is 1.85. The van der Waals surface area contributed by atoms with Gasteiger partial charge in [-0.1, -0.05) is 28.1 Å². The number of anilines is 1. The number of aromatic nitrogens is 1. The van der Waals surface area contributed by atoms with Gasteiger partial charge in [0.05, 0.1) is 11.0 Å². The number of rotatable bonds is 4. The summed E-state index contributed by atoms with van der Waals surface area (Å²) >= 11 is 3.39. The molecule has 0 aliphatic heterocycles. The van der Waals surface area contributed by atoms with Crippen LogP contribution in [0.25, 0.3) is 0 Å². The summed E-state index contributed by atoms with van der Waals surface area (Å²) in [5, 5.41) is 14.1. The normalized spacial score (nSPS) is 11.9. The highest BCUT2D eigenvalue weighted by Crippen LogP contribution is 2.24. The number of nitrogens with one attached hydrogen (secondary N) is 1. The van der Waals surface area contributed by atoms with E-state index >= 15 is 0 Å². The first-order chi connectivity index (χ1) is 9.47. The van der Waals surface area contributed by atoms with E-state index in [0.717, 1.165) is 10.0 Å². The molecule has 2 rings (SSSR count). The van der Waals surface area contributed by atoms with Crippen molar-refractivity contribution in [2.45, 2.75) is 19.9 Å². The average Bonchev–Trinajstić information content (AvgIpc) is 2.41. The van der Waals surface area contributed by atoms with Gasteiger partial charge < -0.3 is 5.32 Å². The highest BCUT2D eigenvalue weighted by Gasteiger charge is 2.13. The molecule has 1 aromatic heterocycles. The summed E-state index contributed by atoms with van der Waals surface area (Å²) in [6.07, 6.45) is 1.51. The van der Waals surface area contributed by atoms with Crippen LogP contribution in [0.1, 0.15) is 24.1 Å². The van der Waals surface area contributed by atoms with E-state index in [1.54, 1.807) is 6.92 Å². The first kappa shape index (κ1) is 14.5. The third kappa shape index (κ3) is 3.33. The largest absolute Gasteiger partial charge is 0.363 e. The van der Waals surface area contributed by atoms with Crippen LogP contribution in [0.2, 0.25) is 0 Å². The molecular weight excluding hydrogens is 322 g/mol. The van der Waals surface area contributed by atoms with Gasteiger partial charge in [-0.15, -0.1) is 0 Å². The van der Waals surface area contributed by atoms with Crippen LogP contribution in [0.4, 0.5) is 11.5 Å². The molecule has 0 saturated heterocycles. The minimum absolute atomic E-state index is 0.0120. The van der Waals surface area contributed by atoms with Crippen molar-refractivity contribution in [2.75, 3.05) is 5.32 Å². The van der Waals surface area contributed by atoms with Gasteiger partial charge in [0.2, 0.25) is 0 Å². The molecule has 0 fully saturated rings. The van der Waals surface area contributed by atoms with E-state index in [9.17, 15) is 10.1 Å². The van der Waals surface area contributed by atoms with Crippen molar-refractivity contribution in [3.05, 3.63) is 62.2 Å². The van der Waals surface area contributed by atoms with E-state index in [1.807, 2.05) is 31.2 Å². The number of hydrogen-bond acceptors (Lipinski definition) is 4. The summed E-state index contributed by atoms with van der Waals surface area (Å²) in [5.74, 6) is 0.498. The lowest BCUT2D eigenvalue weighted by Crippen LogP contribution is -2.08. The van der Waals surface area contributed by atoms with Crippen LogP contribution in [0, 0.1) is 17.0 Å². The Morgan fingerprint density at radius 1 is 1.35 bits per heavy atom. The topological polar surface area (TPSA) is 68.1 Å². The number of aryl methyl sites for hydroxylation is 1. The van der Waals surface area contributed by atoms with Gasteiger partial charge in [0.15, 0.2) is 0 Å². The molecule has 1 unspecified atom stereocenters. The van der Waals surface area contributed by atoms with Gasteiger partial charge in [-0.05, 0) is 31.5 Å². The Morgan fingerprint density at radius 3 is 2.60 bits per heavy atom. The van der Waals surface area contributed by atoms with Crippen LogP contribution in [-0.4, -0.2) is 9.91 Å². The lowest BCUT2D eigenvalue weighted by molar-refractivity contribution is -0.385. The maximum absolute atomic E-state index is 10.9. The highest BCUT2D eigenvalue weighted by molar-refractivity contribution is 9.10. The summed E-state index contributed by atoms with van der Waals surface area (Å²) in [4.78, 5) is 14.7. The first-order valence-electron chi connectivity index (χ1n) is 6.10. The molecular formula is C14H14BrN3O2. The molecule has 0 radical (unpaired) electrons. The maximum atomic E-state index is 10.9. The Morgan fingerprint density at radius 2 is 2.00 bits per heavy atom. The molecule has 0 aliphatic carbocycles. The Balaban J connectivity index is 2.19. The number of nitrogens with zero attached hydrogens (tertiary/aromatic N) is 2. The predicted molar refractivity (Wildman–Crippen MR) is 81.8 cm³/mol. The summed E-state index contributed by atoms with van der Waals surface area (Å²) in [7, 11) is 0. The summed E-state index contributed by atoms with van der Waals surface area (Å²) in [6, 6.07) is 9.37. The molecule has 0 aliphatic rings. The van der Waals surface area contributed by atoms with Gasteiger partial charge >= 0.3 is 0 Å². The molecule has 1 atom stereocenters. The Labute approximate surface area is 125 Å². The second-order valence-corrected chi connectivity index (χ2v) is 5.45. The minimum atomic E-state index is -0.396. The molecule has 1 N–H and O–H groups in total. The molecule has 2 aromatic rings. The summed E-state index contributed by atoms with van der Waals surface area (Å²) in [6.45, 7) is 3.66. The van der Waals surface area contributed by atoms with Crippen molar-refractivity contribution >= 4 is 27.4 Å². The summed E-state index contributed by atoms with van der Waals surface area (Å²) < 4.78 is 1.01. The fourth-order valence-corrected chi connectivity index (χ4v) is 2.11. The third-order valence-electron chi connectivity index (χ3n) is 3.01. The van der Waals surface area contributed by atoms with Gasteiger partial charge in [-0.3, -0.25) is 10.1 Å². The predicted octanol–water partition coefficient (Wildman–Crippen LogP) is 4.23. The lowest BCUT2D eigenvalue weighted by atomic mass is 10.1. The zero-order valence-corrected chi connectivity index (χ0v) is 12.7. The van der Waals surface area contributed by atoms with E-state index in [2.05, 4.69) is 26.2 Å². The molecule has 1 aromatic carbocycles. The van der Waals surface area contributed by atoms with Gasteiger partial charge in [0, 0.05) is 22.3 Å². The Kier molecular flexibility index (Phi) is 4.34. The van der Waals surface area contributed by atoms with Crippen molar-refractivity contribution < 1.29 is 4.92 Å². The van der Waals surface area contributed by atoms with E-state index in [0.29, 0.717) is 11.4 Å². The molecule has 1 heterocycles. The smallest absolute Gasteiger partial charge is 0.277 e. The molecule has 0 spiro atoms. The van der Waals surface area contributed by atoms with Crippen molar-refractivity contribution in [2.24, 2.45) is 0 Å². The van der Waals surface area contributed by atoms with Crippen LogP contribution in [0.5, 0.6) is 0 Å². The van der Waals surface area contributed by atoms with Crippen LogP contribution >= 0.6 is 15.9 Å². The van der Waals surface area contributed by atoms with E-state index in [4.69, 9.17) is 0 Å². The number of benzene rings is 1. The monoisotopic (exact) mass is 335 g/mol. The van der Waals surface area contributed by atoms with E-state index in [-0.39, 0.29) is 11.7 Å². The Bertz CT molecular complexity index is 629. The number of hydrogen-bond donors (Lipinski definition) is 1. The molecule has 0 amide bonds. The van der Waals surface area contributed by atoms with Crippen LogP contribution in [0.15, 0.2) is 41.0 Å². The second-order valence-electron chi connectivity index (χ2n) is 4.53. The third-order valence-corrected chi connectivity index (χ3v) is 3.53. The summed E-state index contributed by atoms with van der Waals surface area (Å²) in [5.41, 5.74) is 1.71. The van der Waals surface area contributed by atoms with Crippen LogP contribution < -0.4 is 5.32 Å². The molecule has 0 saturated carbocycles. The van der Waals surface area contributed by atoms with Crippen molar-refractivity contribution in [3.63, 3.8) is 0 Å². The lowest BCUT2D eigenvalue weighted by Gasteiger charge is -2.15. The van der Waals surface area contributed by atoms with Crippen LogP contribution in [-0.2, 0) is 0 Å². The molecule has 6 heteroatoms. The van der Waals surface area contributed by atoms with Gasteiger partial charge in [-0.2, -0.15) is 0 Å². The van der Waals surface area contributed by atoms with Crippen molar-refractivity contribution in [1.82, 2.24) is 4.98 Å². The maximum Gasteiger partial charge on any atom is 0.277 e. The van der Waals surface area contributed by atoms with Crippen molar-refractivity contribution in [3.8, 4) is 0 Å². The number of halogens is 1. The van der Waals surface area contributed by atoms with Gasteiger partial charge in [0.25, 0.3) is 5.69 Å². The zero-order chi connectivity index (χ0) is 14.7. The quantitative estimate of drug-likeness (QED) is 0.670. The zero-order valence-electron chi connectivity index (χ0n) is 11.1. The SMILES string of the molecule is Cc1cnc(NC(C)c2ccc(Br)cc2)cc1[N+](=O)[O-]. The second kappa shape index (κ2) is 6.00. The standard InChI is InChI=1S/C14H14BrN3O2/c1-9-8-16-14(7-13(9)18(19)20)17-10(2)11-3-5-12(15)6-4-11/h3-8,10H,1-2H3,(H,16,17). The highest BCUT2D eigenvalue weighted by atomic mass is 79.9.